The van der Waals surface area contributed by atoms with Crippen LogP contribution < -0.4 is 0 Å². The summed E-state index contributed by atoms with van der Waals surface area (Å²) in [7, 11) is 3.25. The maximum Gasteiger partial charge on any atom is 0.142 e. The number of unbranched alkanes of at least 4 members (excludes halogenated alkanes) is 1. The Morgan fingerprint density at radius 1 is 0.957 bits per heavy atom. The molecule has 3 unspecified atom stereocenters. The fourth-order valence-corrected chi connectivity index (χ4v) is 2.00. The first-order valence-corrected chi connectivity index (χ1v) is 8.84. The van der Waals surface area contributed by atoms with Crippen LogP contribution in [0.2, 0.25) is 0 Å². The molecule has 0 aromatic carbocycles. The van der Waals surface area contributed by atoms with E-state index in [0.29, 0.717) is 18.4 Å². The van der Waals surface area contributed by atoms with E-state index in [1.54, 1.807) is 19.2 Å². The van der Waals surface area contributed by atoms with Gasteiger partial charge in [0.25, 0.3) is 0 Å². The van der Waals surface area contributed by atoms with Gasteiger partial charge in [-0.2, -0.15) is 0 Å². The van der Waals surface area contributed by atoms with Crippen molar-refractivity contribution >= 4 is 15.9 Å². The van der Waals surface area contributed by atoms with E-state index in [9.17, 15) is 0 Å². The van der Waals surface area contributed by atoms with E-state index in [1.807, 2.05) is 6.08 Å². The fourth-order valence-electron chi connectivity index (χ4n) is 1.86. The van der Waals surface area contributed by atoms with E-state index < -0.39 is 0 Å². The van der Waals surface area contributed by atoms with Gasteiger partial charge in [-0.3, -0.25) is 0 Å². The van der Waals surface area contributed by atoms with Crippen LogP contribution in [0.4, 0.5) is 0 Å². The first-order chi connectivity index (χ1) is 11.1. The molecule has 126 valence electrons. The molecule has 0 spiro atoms. The molecule has 2 nitrogen and oxygen atoms in total. The smallest absolute Gasteiger partial charge is 0.142 e. The minimum absolute atomic E-state index is 0.202. The Balaban J connectivity index is 3.97. The molecular weight excluding hydrogens is 352 g/mol. The molecule has 0 rings (SSSR count). The molecule has 0 aromatic heterocycles. The van der Waals surface area contributed by atoms with Crippen molar-refractivity contribution in [3.05, 3.63) is 11.1 Å². The lowest BCUT2D eigenvalue weighted by molar-refractivity contribution is 0.0628. The molecule has 0 saturated heterocycles. The number of hydrogen-bond donors (Lipinski definition) is 0. The number of rotatable bonds is 8. The average Bonchev–Trinajstić information content (AvgIpc) is 2.54. The number of halogens is 1. The van der Waals surface area contributed by atoms with Gasteiger partial charge in [0.05, 0.1) is 6.61 Å². The average molecular weight is 379 g/mol. The van der Waals surface area contributed by atoms with E-state index in [2.05, 4.69) is 65.3 Å². The van der Waals surface area contributed by atoms with Gasteiger partial charge < -0.3 is 9.47 Å². The molecule has 0 heterocycles. The highest BCUT2D eigenvalue weighted by Gasteiger charge is 2.01. The summed E-state index contributed by atoms with van der Waals surface area (Å²) < 4.78 is 10.1. The van der Waals surface area contributed by atoms with E-state index >= 15 is 0 Å². The summed E-state index contributed by atoms with van der Waals surface area (Å²) in [5, 5.41) is 0. The van der Waals surface area contributed by atoms with Crippen molar-refractivity contribution in [3.63, 3.8) is 0 Å². The maximum absolute atomic E-state index is 5.15. The van der Waals surface area contributed by atoms with Crippen molar-refractivity contribution in [1.82, 2.24) is 0 Å². The lowest BCUT2D eigenvalue weighted by Gasteiger charge is -2.05. The second kappa shape index (κ2) is 15.7. The summed E-state index contributed by atoms with van der Waals surface area (Å²) in [5.41, 5.74) is 0. The van der Waals surface area contributed by atoms with E-state index in [-0.39, 0.29) is 6.10 Å². The lowest BCUT2D eigenvalue weighted by Crippen LogP contribution is -2.14. The summed E-state index contributed by atoms with van der Waals surface area (Å²) in [6.07, 6.45) is 6.21. The lowest BCUT2D eigenvalue weighted by atomic mass is 9.99. The quantitative estimate of drug-likeness (QED) is 0.460. The second-order valence-electron chi connectivity index (χ2n) is 5.39. The van der Waals surface area contributed by atoms with Crippen molar-refractivity contribution in [2.75, 3.05) is 20.8 Å². The Morgan fingerprint density at radius 2 is 1.57 bits per heavy atom. The van der Waals surface area contributed by atoms with Crippen molar-refractivity contribution in [3.8, 4) is 35.5 Å². The summed E-state index contributed by atoms with van der Waals surface area (Å²) in [6, 6.07) is 0. The highest BCUT2D eigenvalue weighted by molar-refractivity contribution is 9.11. The minimum Gasteiger partial charge on any atom is -0.381 e. The normalized spacial score (nSPS) is 13.8. The topological polar surface area (TPSA) is 18.5 Å². The largest absolute Gasteiger partial charge is 0.381 e. The van der Waals surface area contributed by atoms with Crippen LogP contribution >= 0.6 is 15.9 Å². The van der Waals surface area contributed by atoms with Crippen LogP contribution in [-0.2, 0) is 9.47 Å². The summed E-state index contributed by atoms with van der Waals surface area (Å²) in [4.78, 5) is 1.78. The first kappa shape index (κ1) is 21.8. The second-order valence-corrected chi connectivity index (χ2v) is 5.91. The molecule has 0 aliphatic rings. The molecule has 0 bridgehead atoms. The zero-order valence-corrected chi connectivity index (χ0v) is 16.2. The van der Waals surface area contributed by atoms with Gasteiger partial charge in [-0.15, -0.1) is 0 Å². The molecule has 0 amide bonds. The summed E-state index contributed by atoms with van der Waals surface area (Å²) >= 11 is 3.21. The van der Waals surface area contributed by atoms with Gasteiger partial charge in [0.1, 0.15) is 6.10 Å². The molecule has 0 radical (unpaired) electrons. The highest BCUT2D eigenvalue weighted by atomic mass is 79.9. The molecule has 0 aliphatic carbocycles. The molecule has 23 heavy (non-hydrogen) atoms. The molecule has 0 aliphatic heterocycles. The Kier molecular flexibility index (Phi) is 14.9. The van der Waals surface area contributed by atoms with Crippen LogP contribution in [0.5, 0.6) is 0 Å². The Hall–Kier alpha value is -1.18. The first-order valence-electron chi connectivity index (χ1n) is 7.93. The third-order valence-electron chi connectivity index (χ3n) is 3.22. The van der Waals surface area contributed by atoms with Crippen molar-refractivity contribution in [2.24, 2.45) is 11.8 Å². The molecule has 0 aromatic rings. The van der Waals surface area contributed by atoms with E-state index in [1.165, 1.54) is 12.8 Å². The standard InChI is InChI=1S/C20H27BrO2/c1-18(13-7-8-15-20(23-4)17-22-3)11-5-6-12-19(2)14-9-10-16-21/h10,16,18-20H,5-6,11-12,17H2,1-4H3/b16-10+. The van der Waals surface area contributed by atoms with Crippen LogP contribution in [0, 0.1) is 47.4 Å². The third kappa shape index (κ3) is 14.2. The molecule has 3 heteroatoms. The Bertz CT molecular complexity index is 505. The van der Waals surface area contributed by atoms with Gasteiger partial charge in [-0.25, -0.2) is 0 Å². The fraction of sp³-hybridized carbons (Fsp3) is 0.600. The summed E-state index contributed by atoms with van der Waals surface area (Å²) in [5.74, 6) is 18.9. The van der Waals surface area contributed by atoms with Crippen LogP contribution in [0.25, 0.3) is 0 Å². The van der Waals surface area contributed by atoms with E-state index in [4.69, 9.17) is 9.47 Å². The van der Waals surface area contributed by atoms with Gasteiger partial charge >= 0.3 is 0 Å². The van der Waals surface area contributed by atoms with Crippen LogP contribution in [-0.4, -0.2) is 26.9 Å². The van der Waals surface area contributed by atoms with Crippen molar-refractivity contribution in [1.29, 1.82) is 0 Å². The number of methoxy groups -OCH3 is 2. The van der Waals surface area contributed by atoms with Crippen molar-refractivity contribution in [2.45, 2.75) is 45.6 Å². The van der Waals surface area contributed by atoms with Gasteiger partial charge in [0, 0.05) is 26.1 Å². The summed E-state index contributed by atoms with van der Waals surface area (Å²) in [6.45, 7) is 4.77. The maximum atomic E-state index is 5.15. The molecule has 0 fully saturated rings. The van der Waals surface area contributed by atoms with Gasteiger partial charge in [-0.05, 0) is 35.7 Å². The van der Waals surface area contributed by atoms with Gasteiger partial charge in [0.15, 0.2) is 0 Å². The highest BCUT2D eigenvalue weighted by Crippen LogP contribution is 2.12. The van der Waals surface area contributed by atoms with E-state index in [0.717, 1.165) is 12.8 Å². The van der Waals surface area contributed by atoms with Crippen LogP contribution in [0.1, 0.15) is 39.5 Å². The number of allylic oxidation sites excluding steroid dienone is 1. The van der Waals surface area contributed by atoms with Crippen LogP contribution in [0.15, 0.2) is 11.1 Å². The predicted octanol–water partition coefficient (Wildman–Crippen LogP) is 4.40. The van der Waals surface area contributed by atoms with Gasteiger partial charge in [0.2, 0.25) is 0 Å². The predicted molar refractivity (Wildman–Crippen MR) is 101 cm³/mol. The third-order valence-corrected chi connectivity index (χ3v) is 3.48. The molecule has 3 atom stereocenters. The zero-order chi connectivity index (χ0) is 17.3. The monoisotopic (exact) mass is 378 g/mol. The number of ether oxygens (including phenoxy) is 2. The number of hydrogen-bond acceptors (Lipinski definition) is 2. The SMILES string of the molecule is COCC(C#CC#CC(C)CCCCC(C)C#C/C=C/Br)OC. The Morgan fingerprint density at radius 3 is 2.13 bits per heavy atom. The van der Waals surface area contributed by atoms with Crippen molar-refractivity contribution < 1.29 is 9.47 Å². The van der Waals surface area contributed by atoms with Crippen LogP contribution in [0.3, 0.4) is 0 Å². The zero-order valence-electron chi connectivity index (χ0n) is 14.6. The van der Waals surface area contributed by atoms with Gasteiger partial charge in [-0.1, -0.05) is 66.3 Å². The Labute approximate surface area is 150 Å². The minimum atomic E-state index is -0.202. The molecule has 0 saturated carbocycles. The molecular formula is C20H27BrO2. The molecule has 0 N–H and O–H groups in total.